The number of methoxy groups -OCH3 is 1. The Labute approximate surface area is 130 Å². The van der Waals surface area contributed by atoms with E-state index < -0.39 is 0 Å². The highest BCUT2D eigenvalue weighted by atomic mass is 16.5. The van der Waals surface area contributed by atoms with Gasteiger partial charge in [0, 0.05) is 5.69 Å². The Morgan fingerprint density at radius 2 is 2.00 bits per heavy atom. The molecule has 1 N–H and O–H groups in total. The van der Waals surface area contributed by atoms with Crippen LogP contribution in [0.15, 0.2) is 42.5 Å². The highest BCUT2D eigenvalue weighted by Gasteiger charge is 2.26. The second kappa shape index (κ2) is 6.10. The third-order valence-electron chi connectivity index (χ3n) is 3.86. The van der Waals surface area contributed by atoms with Crippen LogP contribution in [0.1, 0.15) is 11.1 Å². The number of benzene rings is 2. The van der Waals surface area contributed by atoms with Crippen molar-refractivity contribution in [3.05, 3.63) is 53.6 Å². The lowest BCUT2D eigenvalue weighted by Crippen LogP contribution is -2.32. The van der Waals surface area contributed by atoms with Gasteiger partial charge in [0.25, 0.3) is 0 Å². The SMILES string of the molecule is COc1ccc2c(c1)C[C@@H](C(=O)Nc1ccc(C)cc1)CO2. The van der Waals surface area contributed by atoms with Crippen molar-refractivity contribution < 1.29 is 14.3 Å². The number of carbonyl (C=O) groups excluding carboxylic acids is 1. The second-order valence-electron chi connectivity index (χ2n) is 5.54. The van der Waals surface area contributed by atoms with E-state index in [9.17, 15) is 4.79 Å². The molecule has 2 aromatic carbocycles. The molecule has 0 radical (unpaired) electrons. The van der Waals surface area contributed by atoms with E-state index in [-0.39, 0.29) is 11.8 Å². The van der Waals surface area contributed by atoms with Gasteiger partial charge in [-0.25, -0.2) is 0 Å². The Balaban J connectivity index is 1.70. The van der Waals surface area contributed by atoms with E-state index in [4.69, 9.17) is 9.47 Å². The van der Waals surface area contributed by atoms with Gasteiger partial charge >= 0.3 is 0 Å². The normalized spacial score (nSPS) is 16.4. The molecule has 0 unspecified atom stereocenters. The van der Waals surface area contributed by atoms with Crippen LogP contribution in [0.2, 0.25) is 0 Å². The van der Waals surface area contributed by atoms with Crippen LogP contribution in [0.25, 0.3) is 0 Å². The number of ether oxygens (including phenoxy) is 2. The summed E-state index contributed by atoms with van der Waals surface area (Å²) in [7, 11) is 1.63. The average Bonchev–Trinajstić information content (AvgIpc) is 2.55. The fourth-order valence-electron chi connectivity index (χ4n) is 2.55. The maximum absolute atomic E-state index is 12.4. The number of fused-ring (bicyclic) bond motifs is 1. The zero-order chi connectivity index (χ0) is 15.5. The van der Waals surface area contributed by atoms with Crippen molar-refractivity contribution in [3.8, 4) is 11.5 Å². The molecule has 0 aromatic heterocycles. The van der Waals surface area contributed by atoms with Gasteiger partial charge in [0.05, 0.1) is 13.0 Å². The molecule has 0 spiro atoms. The van der Waals surface area contributed by atoms with Crippen LogP contribution in [0, 0.1) is 12.8 Å². The van der Waals surface area contributed by atoms with Gasteiger partial charge < -0.3 is 14.8 Å². The van der Waals surface area contributed by atoms with Gasteiger partial charge in [-0.2, -0.15) is 0 Å². The lowest BCUT2D eigenvalue weighted by molar-refractivity contribution is -0.121. The predicted molar refractivity (Wildman–Crippen MR) is 85.5 cm³/mol. The van der Waals surface area contributed by atoms with Crippen LogP contribution in [-0.2, 0) is 11.2 Å². The third kappa shape index (κ3) is 3.06. The second-order valence-corrected chi connectivity index (χ2v) is 5.54. The molecule has 1 aliphatic rings. The first kappa shape index (κ1) is 14.4. The van der Waals surface area contributed by atoms with Crippen LogP contribution in [0.4, 0.5) is 5.69 Å². The van der Waals surface area contributed by atoms with Gasteiger partial charge in [0.1, 0.15) is 18.1 Å². The number of aryl methyl sites for hydroxylation is 1. The van der Waals surface area contributed by atoms with Crippen molar-refractivity contribution in [2.75, 3.05) is 19.0 Å². The number of nitrogens with one attached hydrogen (secondary N) is 1. The number of hydrogen-bond acceptors (Lipinski definition) is 3. The minimum atomic E-state index is -0.194. The Morgan fingerprint density at radius 3 is 2.73 bits per heavy atom. The largest absolute Gasteiger partial charge is 0.497 e. The van der Waals surface area contributed by atoms with E-state index in [0.717, 1.165) is 22.7 Å². The molecule has 3 rings (SSSR count). The molecule has 22 heavy (non-hydrogen) atoms. The van der Waals surface area contributed by atoms with Gasteiger partial charge in [-0.05, 0) is 49.2 Å². The van der Waals surface area contributed by atoms with Crippen molar-refractivity contribution in [2.45, 2.75) is 13.3 Å². The van der Waals surface area contributed by atoms with Crippen molar-refractivity contribution in [1.29, 1.82) is 0 Å². The van der Waals surface area contributed by atoms with Gasteiger partial charge in [-0.15, -0.1) is 0 Å². The smallest absolute Gasteiger partial charge is 0.231 e. The van der Waals surface area contributed by atoms with Crippen LogP contribution >= 0.6 is 0 Å². The van der Waals surface area contributed by atoms with E-state index in [1.807, 2.05) is 49.4 Å². The first-order valence-corrected chi connectivity index (χ1v) is 7.33. The topological polar surface area (TPSA) is 47.6 Å². The average molecular weight is 297 g/mol. The molecule has 0 aliphatic carbocycles. The Morgan fingerprint density at radius 1 is 1.23 bits per heavy atom. The molecule has 1 atom stereocenters. The lowest BCUT2D eigenvalue weighted by atomic mass is 9.95. The minimum Gasteiger partial charge on any atom is -0.497 e. The molecule has 0 saturated carbocycles. The third-order valence-corrected chi connectivity index (χ3v) is 3.86. The number of hydrogen-bond donors (Lipinski definition) is 1. The summed E-state index contributed by atoms with van der Waals surface area (Å²) in [6.45, 7) is 2.42. The van der Waals surface area contributed by atoms with E-state index in [1.165, 1.54) is 5.56 Å². The van der Waals surface area contributed by atoms with E-state index in [0.29, 0.717) is 13.0 Å². The highest BCUT2D eigenvalue weighted by Crippen LogP contribution is 2.31. The molecule has 1 aliphatic heterocycles. The summed E-state index contributed by atoms with van der Waals surface area (Å²) in [4.78, 5) is 12.4. The van der Waals surface area contributed by atoms with E-state index in [2.05, 4.69) is 5.32 Å². The Bertz CT molecular complexity index is 679. The fraction of sp³-hybridized carbons (Fsp3) is 0.278. The Kier molecular flexibility index (Phi) is 4.00. The monoisotopic (exact) mass is 297 g/mol. The molecular formula is C18H19NO3. The van der Waals surface area contributed by atoms with Crippen LogP contribution < -0.4 is 14.8 Å². The molecule has 1 heterocycles. The molecule has 114 valence electrons. The summed E-state index contributed by atoms with van der Waals surface area (Å²) in [5.74, 6) is 1.40. The fourth-order valence-corrected chi connectivity index (χ4v) is 2.55. The summed E-state index contributed by atoms with van der Waals surface area (Å²) in [6.07, 6.45) is 0.657. The highest BCUT2D eigenvalue weighted by molar-refractivity contribution is 5.93. The first-order valence-electron chi connectivity index (χ1n) is 7.33. The van der Waals surface area contributed by atoms with Crippen LogP contribution in [0.5, 0.6) is 11.5 Å². The number of carbonyl (C=O) groups is 1. The molecule has 0 saturated heterocycles. The molecule has 2 aromatic rings. The number of amides is 1. The maximum atomic E-state index is 12.4. The predicted octanol–water partition coefficient (Wildman–Crippen LogP) is 3.19. The molecule has 4 nitrogen and oxygen atoms in total. The quantitative estimate of drug-likeness (QED) is 0.946. The van der Waals surface area contributed by atoms with Crippen molar-refractivity contribution in [2.24, 2.45) is 5.92 Å². The van der Waals surface area contributed by atoms with Crippen molar-refractivity contribution in [3.63, 3.8) is 0 Å². The van der Waals surface area contributed by atoms with Crippen molar-refractivity contribution >= 4 is 11.6 Å². The summed E-state index contributed by atoms with van der Waals surface area (Å²) in [5.41, 5.74) is 2.99. The van der Waals surface area contributed by atoms with E-state index >= 15 is 0 Å². The standard InChI is InChI=1S/C18H19NO3/c1-12-3-5-15(6-4-12)19-18(20)14-9-13-10-16(21-2)7-8-17(13)22-11-14/h3-8,10,14H,9,11H2,1-2H3,(H,19,20)/t14-/m1/s1. The number of anilines is 1. The molecule has 0 fully saturated rings. The molecule has 1 amide bonds. The molecule has 0 bridgehead atoms. The molecule has 4 heteroatoms. The summed E-state index contributed by atoms with van der Waals surface area (Å²) in [5, 5.41) is 2.95. The van der Waals surface area contributed by atoms with Crippen molar-refractivity contribution in [1.82, 2.24) is 0 Å². The van der Waals surface area contributed by atoms with Crippen LogP contribution in [0.3, 0.4) is 0 Å². The summed E-state index contributed by atoms with van der Waals surface area (Å²) >= 11 is 0. The van der Waals surface area contributed by atoms with E-state index in [1.54, 1.807) is 7.11 Å². The lowest BCUT2D eigenvalue weighted by Gasteiger charge is -2.25. The van der Waals surface area contributed by atoms with Gasteiger partial charge in [-0.1, -0.05) is 17.7 Å². The van der Waals surface area contributed by atoms with Crippen LogP contribution in [-0.4, -0.2) is 19.6 Å². The Hall–Kier alpha value is -2.49. The first-order chi connectivity index (χ1) is 10.7. The van der Waals surface area contributed by atoms with Gasteiger partial charge in [-0.3, -0.25) is 4.79 Å². The zero-order valence-electron chi connectivity index (χ0n) is 12.8. The zero-order valence-corrected chi connectivity index (χ0v) is 12.8. The summed E-state index contributed by atoms with van der Waals surface area (Å²) in [6, 6.07) is 13.5. The maximum Gasteiger partial charge on any atom is 0.231 e. The number of rotatable bonds is 3. The molecular weight excluding hydrogens is 278 g/mol. The van der Waals surface area contributed by atoms with Gasteiger partial charge in [0.15, 0.2) is 0 Å². The summed E-state index contributed by atoms with van der Waals surface area (Å²) < 4.78 is 10.9. The minimum absolute atomic E-state index is 0.0164. The van der Waals surface area contributed by atoms with Gasteiger partial charge in [0.2, 0.25) is 5.91 Å².